The van der Waals surface area contributed by atoms with Gasteiger partial charge in [0, 0.05) is 38.4 Å². The number of aliphatic imine (C=N–C) groups is 2. The molecule has 0 radical (unpaired) electrons. The van der Waals surface area contributed by atoms with Crippen molar-refractivity contribution in [3.05, 3.63) is 35.4 Å². The topological polar surface area (TPSA) is 264 Å². The smallest absolute Gasteiger partial charge is 0.0757 e. The third-order valence-corrected chi connectivity index (χ3v) is 2.49. The normalized spacial score (nSPS) is 11.8. The van der Waals surface area contributed by atoms with Gasteiger partial charge in [-0.1, -0.05) is 24.3 Å². The third kappa shape index (κ3) is 32.4. The average molecular weight is 447 g/mol. The maximum atomic E-state index is 8.49. The van der Waals surface area contributed by atoms with Crippen molar-refractivity contribution >= 4 is 12.4 Å². The van der Waals surface area contributed by atoms with Crippen molar-refractivity contribution in [2.24, 2.45) is 9.98 Å². The van der Waals surface area contributed by atoms with Gasteiger partial charge in [0.2, 0.25) is 0 Å². The second kappa shape index (κ2) is 16.7. The third-order valence-electron chi connectivity index (χ3n) is 2.49. The molecule has 0 atom stereocenters. The van der Waals surface area contributed by atoms with Crippen LogP contribution >= 0.6 is 0 Å². The Labute approximate surface area is 166 Å². The maximum absolute atomic E-state index is 8.49. The molecule has 1 aromatic rings. The minimum Gasteiger partial charge on any atom is -0.358 e. The van der Waals surface area contributed by atoms with Crippen molar-refractivity contribution in [2.75, 3.05) is 26.2 Å². The van der Waals surface area contributed by atoms with E-state index in [4.69, 9.17) is 37.3 Å². The number of hydrogen-bond acceptors (Lipinski definition) is 10. The van der Waals surface area contributed by atoms with Crippen molar-refractivity contribution < 1.29 is 69.2 Å². The Morgan fingerprint density at radius 3 is 1.11 bits per heavy atom. The highest BCUT2D eigenvalue weighted by Crippen LogP contribution is 2.00. The number of hydrogen-bond donors (Lipinski definition) is 2. The zero-order valence-electron chi connectivity index (χ0n) is 15.0. The summed E-state index contributed by atoms with van der Waals surface area (Å²) in [5.74, 6) is 0. The lowest BCUT2D eigenvalue weighted by atomic mass is 10.1. The molecule has 0 unspecified atom stereocenters. The summed E-state index contributed by atoms with van der Waals surface area (Å²) in [6.07, 6.45) is 5.93. The highest BCUT2D eigenvalue weighted by molar-refractivity contribution is 5.84. The highest BCUT2D eigenvalue weighted by Gasteiger charge is 1.90. The number of nitrogens with zero attached hydrogens (tertiary/aromatic N) is 2. The predicted octanol–water partition coefficient (Wildman–Crippen LogP) is -9.72. The molecular formula is C14H24Cl2N4O8. The van der Waals surface area contributed by atoms with Gasteiger partial charge in [-0.2, -0.15) is 0 Å². The van der Waals surface area contributed by atoms with E-state index in [2.05, 4.69) is 45.7 Å². The second-order valence-corrected chi connectivity index (χ2v) is 6.42. The van der Waals surface area contributed by atoms with E-state index in [9.17, 15) is 0 Å². The summed E-state index contributed by atoms with van der Waals surface area (Å²) < 4.78 is 67.9. The molecule has 0 heterocycles. The first kappa shape index (κ1) is 28.9. The molecule has 0 fully saturated rings. The molecule has 0 saturated carbocycles. The zero-order chi connectivity index (χ0) is 22.1. The van der Waals surface area contributed by atoms with Crippen LogP contribution in [-0.2, 0) is 0 Å². The molecule has 0 aliphatic carbocycles. The Morgan fingerprint density at radius 1 is 0.643 bits per heavy atom. The Bertz CT molecular complexity index is 487. The summed E-state index contributed by atoms with van der Waals surface area (Å²) in [5.41, 5.74) is 9.85. The summed E-state index contributed by atoms with van der Waals surface area (Å²) in [7, 11) is -9.89. The van der Waals surface area contributed by atoms with Gasteiger partial charge in [0.15, 0.2) is 0 Å². The van der Waals surface area contributed by atoms with Gasteiger partial charge in [0.25, 0.3) is 0 Å². The van der Waals surface area contributed by atoms with Gasteiger partial charge in [-0.05, 0) is 11.1 Å². The number of halogens is 2. The van der Waals surface area contributed by atoms with E-state index in [0.717, 1.165) is 50.1 Å². The molecule has 0 aliphatic heterocycles. The van der Waals surface area contributed by atoms with E-state index in [1.807, 2.05) is 12.4 Å². The summed E-state index contributed by atoms with van der Waals surface area (Å²) in [5, 5.41) is 0. The molecule has 0 amide bonds. The fourth-order valence-electron chi connectivity index (χ4n) is 1.41. The molecular weight excluding hydrogens is 423 g/mol. The average Bonchev–Trinajstić information content (AvgIpc) is 2.54. The quantitative estimate of drug-likeness (QED) is 0.284. The van der Waals surface area contributed by atoms with Gasteiger partial charge in [-0.15, -0.1) is 20.5 Å². The fourth-order valence-corrected chi connectivity index (χ4v) is 1.41. The van der Waals surface area contributed by atoms with Crippen LogP contribution in [0, 0.1) is 20.5 Å². The van der Waals surface area contributed by atoms with Crippen LogP contribution in [0.15, 0.2) is 34.3 Å². The molecule has 6 N–H and O–H groups in total. The molecule has 1 aromatic carbocycles. The summed E-state index contributed by atoms with van der Waals surface area (Å²) in [6.45, 7) is 3.61. The van der Waals surface area contributed by atoms with E-state index in [0.29, 0.717) is 0 Å². The van der Waals surface area contributed by atoms with Crippen LogP contribution in [0.1, 0.15) is 24.0 Å². The van der Waals surface area contributed by atoms with Gasteiger partial charge < -0.3 is 11.5 Å². The summed E-state index contributed by atoms with van der Waals surface area (Å²) in [6, 6.07) is 8.26. The van der Waals surface area contributed by atoms with E-state index in [1.165, 1.54) is 0 Å². The van der Waals surface area contributed by atoms with Crippen molar-refractivity contribution in [2.45, 2.75) is 12.8 Å². The van der Waals surface area contributed by atoms with Gasteiger partial charge >= 0.3 is 0 Å². The molecule has 0 saturated heterocycles. The molecule has 0 aromatic heterocycles. The first-order valence-corrected chi connectivity index (χ1v) is 10.3. The molecule has 12 nitrogen and oxygen atoms in total. The van der Waals surface area contributed by atoms with E-state index >= 15 is 0 Å². The van der Waals surface area contributed by atoms with Crippen molar-refractivity contribution in [3.63, 3.8) is 0 Å². The Morgan fingerprint density at radius 2 is 0.893 bits per heavy atom. The lowest BCUT2D eigenvalue weighted by Gasteiger charge is -2.17. The second-order valence-electron chi connectivity index (χ2n) is 4.91. The Kier molecular flexibility index (Phi) is 17.2. The van der Waals surface area contributed by atoms with Crippen molar-refractivity contribution in [1.82, 2.24) is 0 Å². The number of quaternary nitrogens is 2. The molecule has 14 heteroatoms. The fraction of sp³-hybridized carbons (Fsp3) is 0.429. The number of rotatable bonds is 8. The molecule has 0 aliphatic rings. The zero-order valence-corrected chi connectivity index (χ0v) is 16.5. The van der Waals surface area contributed by atoms with Crippen LogP contribution in [0.4, 0.5) is 0 Å². The molecule has 0 bridgehead atoms. The Hall–Kier alpha value is -1.26. The Balaban J connectivity index is 0. The van der Waals surface area contributed by atoms with E-state index in [-0.39, 0.29) is 0 Å². The van der Waals surface area contributed by atoms with Crippen LogP contribution < -0.4 is 48.7 Å². The maximum Gasteiger partial charge on any atom is 0.0757 e. The predicted molar refractivity (Wildman–Crippen MR) is 76.1 cm³/mol. The van der Waals surface area contributed by atoms with Crippen molar-refractivity contribution in [3.8, 4) is 0 Å². The highest BCUT2D eigenvalue weighted by atomic mass is 35.7. The number of benzene rings is 1. The van der Waals surface area contributed by atoms with Crippen LogP contribution in [0.5, 0.6) is 0 Å². The van der Waals surface area contributed by atoms with Crippen LogP contribution in [0.2, 0.25) is 0 Å². The molecule has 0 spiro atoms. The van der Waals surface area contributed by atoms with Gasteiger partial charge in [-0.3, -0.25) is 9.98 Å². The molecule has 1 rings (SSSR count). The van der Waals surface area contributed by atoms with Crippen molar-refractivity contribution in [1.29, 1.82) is 0 Å². The SMILES string of the molecule is [NH3+]CCCN=Cc1ccc(C=NCCC[NH3+])cc1.[O-][Cl+3]([O-])([O-])[O-].[O-][Cl+3]([O-])([O-])[O-]. The minimum absolute atomic E-state index is 0.859. The van der Waals surface area contributed by atoms with Gasteiger partial charge in [-0.25, -0.2) is 37.3 Å². The van der Waals surface area contributed by atoms with Crippen LogP contribution in [-0.4, -0.2) is 38.6 Å². The van der Waals surface area contributed by atoms with Gasteiger partial charge in [0.05, 0.1) is 13.1 Å². The summed E-state index contributed by atoms with van der Waals surface area (Å²) in [4.78, 5) is 8.68. The minimum atomic E-state index is -4.94. The van der Waals surface area contributed by atoms with Crippen LogP contribution in [0.25, 0.3) is 0 Å². The first-order chi connectivity index (χ1) is 12.9. The first-order valence-electron chi connectivity index (χ1n) is 7.78. The largest absolute Gasteiger partial charge is 0.358 e. The molecule has 28 heavy (non-hydrogen) atoms. The van der Waals surface area contributed by atoms with Gasteiger partial charge in [0.1, 0.15) is 0 Å². The van der Waals surface area contributed by atoms with E-state index < -0.39 is 20.5 Å². The standard InChI is InChI=1S/C14H22N4.2ClHO4/c15-7-1-9-17-11-13-3-5-14(6-4-13)12-18-10-2-8-16;2*2-1(3,4)5/h3-6,11-12H,1-2,7-10,15-16H2;2*(H,2,3,4,5). The molecule has 162 valence electrons. The lowest BCUT2D eigenvalue weighted by Crippen LogP contribution is -2.68. The monoisotopic (exact) mass is 446 g/mol. The van der Waals surface area contributed by atoms with E-state index in [1.54, 1.807) is 0 Å². The van der Waals surface area contributed by atoms with Crippen LogP contribution in [0.3, 0.4) is 0 Å². The summed E-state index contributed by atoms with van der Waals surface area (Å²) >= 11 is 0. The lowest BCUT2D eigenvalue weighted by molar-refractivity contribution is -2.00.